The van der Waals surface area contributed by atoms with Gasteiger partial charge in [-0.1, -0.05) is 42.1 Å². The van der Waals surface area contributed by atoms with E-state index in [0.29, 0.717) is 16.6 Å². The Morgan fingerprint density at radius 1 is 1.16 bits per heavy atom. The lowest BCUT2D eigenvalue weighted by Gasteiger charge is -2.17. The first-order valence-electron chi connectivity index (χ1n) is 10.1. The van der Waals surface area contributed by atoms with Gasteiger partial charge in [-0.25, -0.2) is 4.99 Å². The van der Waals surface area contributed by atoms with Crippen LogP contribution in [0.4, 0.5) is 11.4 Å². The number of carbonyl (C=O) groups is 2. The van der Waals surface area contributed by atoms with Gasteiger partial charge in [0, 0.05) is 24.5 Å². The minimum Gasteiger partial charge on any atom is -0.325 e. The Kier molecular flexibility index (Phi) is 6.23. The fourth-order valence-electron chi connectivity index (χ4n) is 3.26. The number of nitrogens with zero attached hydrogens (tertiary/aromatic N) is 4. The molecule has 0 fully saturated rings. The Morgan fingerprint density at radius 2 is 1.94 bits per heavy atom. The number of aryl methyl sites for hydroxylation is 3. The molecule has 0 saturated carbocycles. The Hall–Kier alpha value is -3.65. The number of thioether (sulfide) groups is 1. The Bertz CT molecular complexity index is 1230. The first kappa shape index (κ1) is 21.6. The quantitative estimate of drug-likeness (QED) is 0.599. The second kappa shape index (κ2) is 9.23. The molecule has 8 heteroatoms. The molecule has 0 atom stereocenters. The van der Waals surface area contributed by atoms with E-state index in [9.17, 15) is 9.59 Å². The summed E-state index contributed by atoms with van der Waals surface area (Å²) in [6, 6.07) is 15.2. The molecule has 1 aliphatic heterocycles. The van der Waals surface area contributed by atoms with Gasteiger partial charge in [0.15, 0.2) is 5.17 Å². The summed E-state index contributed by atoms with van der Waals surface area (Å²) in [7, 11) is 1.81. The minimum atomic E-state index is -0.238. The number of aliphatic imine (C=N–C) groups is 1. The molecule has 1 aliphatic rings. The van der Waals surface area contributed by atoms with Gasteiger partial charge >= 0.3 is 0 Å². The third-order valence-electron chi connectivity index (χ3n) is 4.87. The molecule has 162 valence electrons. The average Bonchev–Trinajstić information content (AvgIpc) is 3.32. The normalized spacial score (nSPS) is 14.7. The molecule has 2 aromatic carbocycles. The molecule has 0 bridgehead atoms. The lowest BCUT2D eigenvalue weighted by Crippen LogP contribution is -2.31. The summed E-state index contributed by atoms with van der Waals surface area (Å²) in [4.78, 5) is 31.8. The monoisotopic (exact) mass is 445 g/mol. The number of hydrogen-bond donors (Lipinski definition) is 1. The van der Waals surface area contributed by atoms with Gasteiger partial charge in [0.1, 0.15) is 5.70 Å². The zero-order valence-electron chi connectivity index (χ0n) is 18.1. The molecule has 4 rings (SSSR count). The SMILES string of the molecule is Cc1ccc(C)c(NC(=O)CSC2=NC(=Cc3cnn(C)c3)C(=O)N2c2ccccc2)c1. The Balaban J connectivity index is 1.55. The summed E-state index contributed by atoms with van der Waals surface area (Å²) in [6.45, 7) is 3.94. The van der Waals surface area contributed by atoms with E-state index in [1.54, 1.807) is 17.0 Å². The first-order valence-corrected chi connectivity index (χ1v) is 11.1. The largest absolute Gasteiger partial charge is 0.325 e. The van der Waals surface area contributed by atoms with Crippen LogP contribution in [0.3, 0.4) is 0 Å². The Labute approximate surface area is 190 Å². The summed E-state index contributed by atoms with van der Waals surface area (Å²) in [5.41, 5.74) is 4.65. The number of carbonyl (C=O) groups excluding carboxylic acids is 2. The van der Waals surface area contributed by atoms with Gasteiger partial charge in [0.2, 0.25) is 5.91 Å². The predicted molar refractivity (Wildman–Crippen MR) is 130 cm³/mol. The number of amidine groups is 1. The van der Waals surface area contributed by atoms with Gasteiger partial charge in [-0.3, -0.25) is 19.2 Å². The maximum absolute atomic E-state index is 13.1. The summed E-state index contributed by atoms with van der Waals surface area (Å²) in [5.74, 6) is -0.266. The predicted octanol–water partition coefficient (Wildman–Crippen LogP) is 4.15. The number of rotatable bonds is 5. The van der Waals surface area contributed by atoms with Crippen molar-refractivity contribution in [2.75, 3.05) is 16.0 Å². The van der Waals surface area contributed by atoms with Crippen molar-refractivity contribution in [2.24, 2.45) is 12.0 Å². The summed E-state index contributed by atoms with van der Waals surface area (Å²) in [5, 5.41) is 7.55. The Morgan fingerprint density at radius 3 is 2.66 bits per heavy atom. The van der Waals surface area contributed by atoms with E-state index in [-0.39, 0.29) is 17.6 Å². The highest BCUT2D eigenvalue weighted by Gasteiger charge is 2.32. The van der Waals surface area contributed by atoms with E-state index in [4.69, 9.17) is 0 Å². The number of anilines is 2. The molecule has 32 heavy (non-hydrogen) atoms. The van der Waals surface area contributed by atoms with E-state index in [1.165, 1.54) is 16.7 Å². The van der Waals surface area contributed by atoms with Gasteiger partial charge < -0.3 is 5.32 Å². The van der Waals surface area contributed by atoms with E-state index < -0.39 is 0 Å². The smallest absolute Gasteiger partial charge is 0.283 e. The third-order valence-corrected chi connectivity index (χ3v) is 5.81. The molecule has 0 saturated heterocycles. The second-order valence-corrected chi connectivity index (χ2v) is 8.45. The highest BCUT2D eigenvalue weighted by Crippen LogP contribution is 2.29. The summed E-state index contributed by atoms with van der Waals surface area (Å²) < 4.78 is 1.66. The first-order chi connectivity index (χ1) is 15.4. The van der Waals surface area contributed by atoms with Crippen molar-refractivity contribution in [3.63, 3.8) is 0 Å². The van der Waals surface area contributed by atoms with E-state index in [0.717, 1.165) is 22.4 Å². The number of benzene rings is 2. The van der Waals surface area contributed by atoms with E-state index in [2.05, 4.69) is 15.4 Å². The standard InChI is InChI=1S/C24H23N5O2S/c1-16-9-10-17(2)20(11-16)26-22(30)15-32-24-27-21(12-18-13-25-28(3)14-18)23(31)29(24)19-7-5-4-6-8-19/h4-14H,15H2,1-3H3,(H,26,30). The molecule has 2 heterocycles. The molecule has 3 aromatic rings. The molecule has 0 spiro atoms. The molecule has 1 aromatic heterocycles. The zero-order chi connectivity index (χ0) is 22.7. The number of hydrogen-bond acceptors (Lipinski definition) is 5. The molecule has 0 unspecified atom stereocenters. The summed E-state index contributed by atoms with van der Waals surface area (Å²) >= 11 is 1.23. The van der Waals surface area contributed by atoms with Crippen molar-refractivity contribution in [3.8, 4) is 0 Å². The van der Waals surface area contributed by atoms with Crippen LogP contribution in [0, 0.1) is 13.8 Å². The van der Waals surface area contributed by atoms with Crippen LogP contribution < -0.4 is 10.2 Å². The highest BCUT2D eigenvalue weighted by molar-refractivity contribution is 8.14. The zero-order valence-corrected chi connectivity index (χ0v) is 18.9. The van der Waals surface area contributed by atoms with Crippen LogP contribution in [0.2, 0.25) is 0 Å². The summed E-state index contributed by atoms with van der Waals surface area (Å²) in [6.07, 6.45) is 5.19. The lowest BCUT2D eigenvalue weighted by molar-refractivity contribution is -0.114. The second-order valence-electron chi connectivity index (χ2n) is 7.50. The fraction of sp³-hybridized carbons (Fsp3) is 0.167. The topological polar surface area (TPSA) is 79.6 Å². The van der Waals surface area contributed by atoms with Gasteiger partial charge in [0.05, 0.1) is 17.6 Å². The van der Waals surface area contributed by atoms with Crippen LogP contribution in [0.1, 0.15) is 16.7 Å². The van der Waals surface area contributed by atoms with Crippen molar-refractivity contribution in [3.05, 3.63) is 83.3 Å². The van der Waals surface area contributed by atoms with Crippen molar-refractivity contribution >= 4 is 46.2 Å². The van der Waals surface area contributed by atoms with E-state index >= 15 is 0 Å². The van der Waals surface area contributed by atoms with Gasteiger partial charge in [0.25, 0.3) is 5.91 Å². The third kappa shape index (κ3) is 4.81. The van der Waals surface area contributed by atoms with Crippen LogP contribution in [-0.2, 0) is 16.6 Å². The molecular formula is C24H23N5O2S. The maximum Gasteiger partial charge on any atom is 0.283 e. The number of amides is 2. The van der Waals surface area contributed by atoms with Crippen LogP contribution in [0.25, 0.3) is 6.08 Å². The van der Waals surface area contributed by atoms with Crippen molar-refractivity contribution in [2.45, 2.75) is 13.8 Å². The van der Waals surface area contributed by atoms with Crippen LogP contribution in [0.5, 0.6) is 0 Å². The molecule has 7 nitrogen and oxygen atoms in total. The van der Waals surface area contributed by atoms with Crippen LogP contribution in [0.15, 0.2) is 71.6 Å². The van der Waals surface area contributed by atoms with Crippen LogP contribution >= 0.6 is 11.8 Å². The molecule has 2 amide bonds. The molecule has 0 aliphatic carbocycles. The lowest BCUT2D eigenvalue weighted by atomic mass is 10.1. The molecular weight excluding hydrogens is 422 g/mol. The van der Waals surface area contributed by atoms with E-state index in [1.807, 2.05) is 75.6 Å². The van der Waals surface area contributed by atoms with Crippen molar-refractivity contribution in [1.82, 2.24) is 9.78 Å². The fourth-order valence-corrected chi connectivity index (χ4v) is 4.07. The highest BCUT2D eigenvalue weighted by atomic mass is 32.2. The van der Waals surface area contributed by atoms with Gasteiger partial charge in [-0.2, -0.15) is 5.10 Å². The number of aromatic nitrogens is 2. The van der Waals surface area contributed by atoms with Crippen molar-refractivity contribution in [1.29, 1.82) is 0 Å². The van der Waals surface area contributed by atoms with Crippen LogP contribution in [-0.4, -0.2) is 32.5 Å². The van der Waals surface area contributed by atoms with Gasteiger partial charge in [-0.05, 0) is 49.2 Å². The van der Waals surface area contributed by atoms with Gasteiger partial charge in [-0.15, -0.1) is 0 Å². The number of para-hydroxylation sites is 1. The average molecular weight is 446 g/mol. The maximum atomic E-state index is 13.1. The minimum absolute atomic E-state index is 0.128. The molecule has 1 N–H and O–H groups in total. The molecule has 0 radical (unpaired) electrons. The number of nitrogens with one attached hydrogen (secondary N) is 1. The van der Waals surface area contributed by atoms with Crippen molar-refractivity contribution < 1.29 is 9.59 Å².